The van der Waals surface area contributed by atoms with E-state index in [4.69, 9.17) is 5.73 Å². The molecule has 0 bridgehead atoms. The van der Waals surface area contributed by atoms with Crippen molar-refractivity contribution >= 4 is 9.84 Å². The summed E-state index contributed by atoms with van der Waals surface area (Å²) < 4.78 is 36.9. The first-order valence-corrected chi connectivity index (χ1v) is 8.12. The van der Waals surface area contributed by atoms with Gasteiger partial charge >= 0.3 is 0 Å². The molecule has 1 aliphatic heterocycles. The third kappa shape index (κ3) is 2.96. The smallest absolute Gasteiger partial charge is 0.175 e. The van der Waals surface area contributed by atoms with Gasteiger partial charge in [-0.05, 0) is 38.1 Å². The molecule has 0 aliphatic carbocycles. The number of sulfone groups is 1. The number of rotatable bonds is 3. The molecule has 2 rings (SSSR count). The Kier molecular flexibility index (Phi) is 3.94. The van der Waals surface area contributed by atoms with Crippen LogP contribution in [-0.4, -0.2) is 39.7 Å². The molecule has 0 radical (unpaired) electrons. The summed E-state index contributed by atoms with van der Waals surface area (Å²) in [6.07, 6.45) is 1.88. The van der Waals surface area contributed by atoms with Gasteiger partial charge in [-0.15, -0.1) is 0 Å². The van der Waals surface area contributed by atoms with Crippen LogP contribution in [0.4, 0.5) is 4.39 Å². The summed E-state index contributed by atoms with van der Waals surface area (Å²) in [6, 6.07) is 4.12. The molecule has 2 N–H and O–H groups in total. The van der Waals surface area contributed by atoms with E-state index in [0.29, 0.717) is 18.0 Å². The largest absolute Gasteiger partial charge is 0.330 e. The summed E-state index contributed by atoms with van der Waals surface area (Å²) in [5, 5.41) is 0. The minimum absolute atomic E-state index is 0.0183. The van der Waals surface area contributed by atoms with Crippen LogP contribution in [0.5, 0.6) is 0 Å². The molecule has 0 amide bonds. The highest BCUT2D eigenvalue weighted by molar-refractivity contribution is 7.90. The van der Waals surface area contributed by atoms with Crippen molar-refractivity contribution in [2.24, 2.45) is 11.7 Å². The van der Waals surface area contributed by atoms with Gasteiger partial charge in [-0.1, -0.05) is 6.07 Å². The Bertz CT molecular complexity index is 574. The predicted octanol–water partition coefficient (Wildman–Crippen LogP) is 1.18. The summed E-state index contributed by atoms with van der Waals surface area (Å²) in [5.41, 5.74) is 6.20. The Morgan fingerprint density at radius 1 is 1.47 bits per heavy atom. The average Bonchev–Trinajstić information content (AvgIpc) is 2.69. The second-order valence-electron chi connectivity index (χ2n) is 5.25. The summed E-state index contributed by atoms with van der Waals surface area (Å²) in [6.45, 7) is 1.43. The molecule has 2 unspecified atom stereocenters. The van der Waals surface area contributed by atoms with Crippen LogP contribution in [0, 0.1) is 11.7 Å². The highest BCUT2D eigenvalue weighted by Gasteiger charge is 2.31. The second-order valence-corrected chi connectivity index (χ2v) is 7.26. The monoisotopic (exact) mass is 286 g/mol. The number of likely N-dealkylation sites (tertiary alicyclic amines) is 1. The van der Waals surface area contributed by atoms with Gasteiger partial charge in [-0.2, -0.15) is 0 Å². The fourth-order valence-electron chi connectivity index (χ4n) is 2.65. The Morgan fingerprint density at radius 2 is 2.16 bits per heavy atom. The average molecular weight is 286 g/mol. The third-order valence-corrected chi connectivity index (χ3v) is 4.84. The molecule has 0 spiro atoms. The highest BCUT2D eigenvalue weighted by atomic mass is 32.2. The molecular weight excluding hydrogens is 267 g/mol. The van der Waals surface area contributed by atoms with E-state index in [1.54, 1.807) is 6.07 Å². The number of hydrogen-bond donors (Lipinski definition) is 1. The van der Waals surface area contributed by atoms with Crippen molar-refractivity contribution in [3.05, 3.63) is 29.6 Å². The molecule has 4 nitrogen and oxygen atoms in total. The Balaban J connectivity index is 2.32. The number of nitrogens with two attached hydrogens (primary N) is 1. The first-order valence-electron chi connectivity index (χ1n) is 6.22. The lowest BCUT2D eigenvalue weighted by atomic mass is 9.99. The van der Waals surface area contributed by atoms with Crippen LogP contribution in [0.15, 0.2) is 23.1 Å². The zero-order valence-corrected chi connectivity index (χ0v) is 12.0. The molecule has 1 aromatic rings. The first kappa shape index (κ1) is 14.4. The van der Waals surface area contributed by atoms with Gasteiger partial charge in [0.05, 0.1) is 4.90 Å². The quantitative estimate of drug-likeness (QED) is 0.906. The van der Waals surface area contributed by atoms with Gasteiger partial charge in [0.25, 0.3) is 0 Å². The maximum Gasteiger partial charge on any atom is 0.175 e. The molecule has 19 heavy (non-hydrogen) atoms. The molecule has 1 aliphatic rings. The zero-order chi connectivity index (χ0) is 14.2. The standard InChI is InChI=1S/C13H19FN2O2S/c1-16-8-9(7-15)5-13(16)11-4-3-10(6-12(11)14)19(2,17)18/h3-4,6,9,13H,5,7-8,15H2,1-2H3. The third-order valence-electron chi connectivity index (χ3n) is 3.73. The Morgan fingerprint density at radius 3 is 2.63 bits per heavy atom. The maximum atomic E-state index is 14.1. The van der Waals surface area contributed by atoms with Crippen LogP contribution >= 0.6 is 0 Å². The lowest BCUT2D eigenvalue weighted by Gasteiger charge is -2.20. The summed E-state index contributed by atoms with van der Waals surface area (Å²) in [5.74, 6) is -0.0959. The van der Waals surface area contributed by atoms with E-state index in [1.807, 2.05) is 7.05 Å². The van der Waals surface area contributed by atoms with E-state index in [2.05, 4.69) is 4.90 Å². The van der Waals surface area contributed by atoms with Crippen molar-refractivity contribution in [1.82, 2.24) is 4.90 Å². The van der Waals surface area contributed by atoms with Crippen molar-refractivity contribution in [3.8, 4) is 0 Å². The van der Waals surface area contributed by atoms with Crippen LogP contribution in [0.25, 0.3) is 0 Å². The van der Waals surface area contributed by atoms with E-state index in [-0.39, 0.29) is 10.9 Å². The predicted molar refractivity (Wildman–Crippen MR) is 72.0 cm³/mol. The van der Waals surface area contributed by atoms with Gasteiger partial charge in [0.2, 0.25) is 0 Å². The van der Waals surface area contributed by atoms with E-state index in [1.165, 1.54) is 6.07 Å². The number of halogens is 1. The van der Waals surface area contributed by atoms with E-state index >= 15 is 0 Å². The SMILES string of the molecule is CN1CC(CN)CC1c1ccc(S(C)(=O)=O)cc1F. The maximum absolute atomic E-state index is 14.1. The van der Waals surface area contributed by atoms with E-state index in [9.17, 15) is 12.8 Å². The molecule has 1 aromatic carbocycles. The zero-order valence-electron chi connectivity index (χ0n) is 11.1. The van der Waals surface area contributed by atoms with Crippen molar-refractivity contribution in [1.29, 1.82) is 0 Å². The number of benzene rings is 1. The van der Waals surface area contributed by atoms with Crippen LogP contribution < -0.4 is 5.73 Å². The van der Waals surface area contributed by atoms with Crippen LogP contribution in [0.2, 0.25) is 0 Å². The second kappa shape index (κ2) is 5.19. The molecule has 1 fully saturated rings. The topological polar surface area (TPSA) is 63.4 Å². The summed E-state index contributed by atoms with van der Waals surface area (Å²) in [7, 11) is -1.43. The van der Waals surface area contributed by atoms with Gasteiger partial charge < -0.3 is 5.73 Å². The van der Waals surface area contributed by atoms with Crippen molar-refractivity contribution < 1.29 is 12.8 Å². The van der Waals surface area contributed by atoms with Crippen molar-refractivity contribution in [3.63, 3.8) is 0 Å². The molecule has 0 saturated carbocycles. The number of hydrogen-bond acceptors (Lipinski definition) is 4. The lowest BCUT2D eigenvalue weighted by molar-refractivity contribution is 0.306. The van der Waals surface area contributed by atoms with E-state index < -0.39 is 15.7 Å². The van der Waals surface area contributed by atoms with Crippen molar-refractivity contribution in [2.75, 3.05) is 26.4 Å². The highest BCUT2D eigenvalue weighted by Crippen LogP contribution is 2.35. The molecule has 106 valence electrons. The Hall–Kier alpha value is -0.980. The number of nitrogens with zero attached hydrogens (tertiary/aromatic N) is 1. The molecule has 2 atom stereocenters. The van der Waals surface area contributed by atoms with Gasteiger partial charge in [0.1, 0.15) is 5.82 Å². The van der Waals surface area contributed by atoms with Crippen LogP contribution in [0.3, 0.4) is 0 Å². The molecule has 1 heterocycles. The van der Waals surface area contributed by atoms with Crippen LogP contribution in [0.1, 0.15) is 18.0 Å². The molecule has 6 heteroatoms. The van der Waals surface area contributed by atoms with Gasteiger partial charge in [0, 0.05) is 24.4 Å². The normalized spacial score (nSPS) is 24.8. The Labute approximate surface area is 113 Å². The fraction of sp³-hybridized carbons (Fsp3) is 0.538. The first-order chi connectivity index (χ1) is 8.82. The fourth-order valence-corrected chi connectivity index (χ4v) is 3.28. The van der Waals surface area contributed by atoms with Crippen molar-refractivity contribution in [2.45, 2.75) is 17.4 Å². The summed E-state index contributed by atoms with van der Waals surface area (Å²) in [4.78, 5) is 2.08. The minimum atomic E-state index is -3.37. The minimum Gasteiger partial charge on any atom is -0.330 e. The van der Waals surface area contributed by atoms with E-state index in [0.717, 1.165) is 25.3 Å². The van der Waals surface area contributed by atoms with Crippen LogP contribution in [-0.2, 0) is 9.84 Å². The lowest BCUT2D eigenvalue weighted by Crippen LogP contribution is -2.21. The molecule has 0 aromatic heterocycles. The summed E-state index contributed by atoms with van der Waals surface area (Å²) >= 11 is 0. The molecule has 1 saturated heterocycles. The van der Waals surface area contributed by atoms with Gasteiger partial charge in [-0.3, -0.25) is 4.90 Å². The molecular formula is C13H19FN2O2S. The van der Waals surface area contributed by atoms with Gasteiger partial charge in [0.15, 0.2) is 9.84 Å². The van der Waals surface area contributed by atoms with Gasteiger partial charge in [-0.25, -0.2) is 12.8 Å².